The largest absolute Gasteiger partial charge is 0.489 e. The number of benzene rings is 1. The molecule has 0 saturated carbocycles. The van der Waals surface area contributed by atoms with Crippen molar-refractivity contribution in [2.24, 2.45) is 5.92 Å². The van der Waals surface area contributed by atoms with Gasteiger partial charge in [0.05, 0.1) is 17.0 Å². The molecular formula is C14H17ClN2O3. The number of carbonyl (C=O) groups excluding carboxylic acids is 2. The van der Waals surface area contributed by atoms with Crippen LogP contribution in [0.3, 0.4) is 0 Å². The summed E-state index contributed by atoms with van der Waals surface area (Å²) in [6.07, 6.45) is 0.261. The van der Waals surface area contributed by atoms with E-state index in [1.807, 2.05) is 13.8 Å². The van der Waals surface area contributed by atoms with Crippen molar-refractivity contribution in [1.82, 2.24) is 5.32 Å². The Morgan fingerprint density at radius 3 is 2.80 bits per heavy atom. The molecule has 1 saturated heterocycles. The molecule has 1 aliphatic rings. The average Bonchev–Trinajstić information content (AvgIpc) is 2.79. The number of rotatable bonds is 4. The van der Waals surface area contributed by atoms with Gasteiger partial charge in [-0.05, 0) is 32.0 Å². The van der Waals surface area contributed by atoms with Crippen LogP contribution in [0.5, 0.6) is 5.75 Å². The van der Waals surface area contributed by atoms with Crippen LogP contribution in [0.4, 0.5) is 5.69 Å². The normalized spacial score (nSPS) is 18.0. The average molecular weight is 297 g/mol. The number of carbonyl (C=O) groups is 2. The van der Waals surface area contributed by atoms with Crippen molar-refractivity contribution in [2.45, 2.75) is 26.4 Å². The summed E-state index contributed by atoms with van der Waals surface area (Å²) in [4.78, 5) is 23.0. The van der Waals surface area contributed by atoms with Gasteiger partial charge in [0.1, 0.15) is 5.75 Å². The molecule has 0 aromatic heterocycles. The Morgan fingerprint density at radius 2 is 2.25 bits per heavy atom. The van der Waals surface area contributed by atoms with E-state index in [4.69, 9.17) is 16.3 Å². The van der Waals surface area contributed by atoms with Gasteiger partial charge < -0.3 is 15.4 Å². The van der Waals surface area contributed by atoms with Gasteiger partial charge in [0.2, 0.25) is 11.8 Å². The number of amides is 2. The van der Waals surface area contributed by atoms with Gasteiger partial charge in [-0.2, -0.15) is 0 Å². The lowest BCUT2D eigenvalue weighted by molar-refractivity contribution is -0.123. The SMILES string of the molecule is CC(C)Oc1ccc(NC(=O)C2CNC(=O)C2)cc1Cl. The molecule has 1 aliphatic heterocycles. The van der Waals surface area contributed by atoms with Crippen LogP contribution in [0.1, 0.15) is 20.3 Å². The lowest BCUT2D eigenvalue weighted by atomic mass is 10.1. The van der Waals surface area contributed by atoms with E-state index in [0.29, 0.717) is 23.0 Å². The maximum atomic E-state index is 12.0. The van der Waals surface area contributed by atoms with Crippen molar-refractivity contribution in [3.63, 3.8) is 0 Å². The molecule has 1 unspecified atom stereocenters. The van der Waals surface area contributed by atoms with Crippen LogP contribution in [-0.2, 0) is 9.59 Å². The third kappa shape index (κ3) is 3.63. The highest BCUT2D eigenvalue weighted by Crippen LogP contribution is 2.28. The van der Waals surface area contributed by atoms with E-state index in [9.17, 15) is 9.59 Å². The number of hydrogen-bond acceptors (Lipinski definition) is 3. The van der Waals surface area contributed by atoms with Crippen LogP contribution in [0.2, 0.25) is 5.02 Å². The highest BCUT2D eigenvalue weighted by molar-refractivity contribution is 6.32. The van der Waals surface area contributed by atoms with Crippen LogP contribution in [0.25, 0.3) is 0 Å². The smallest absolute Gasteiger partial charge is 0.229 e. The summed E-state index contributed by atoms with van der Waals surface area (Å²) in [5.74, 6) is -0.0222. The molecule has 0 bridgehead atoms. The molecule has 2 N–H and O–H groups in total. The highest BCUT2D eigenvalue weighted by atomic mass is 35.5. The second-order valence-corrected chi connectivity index (χ2v) is 5.41. The van der Waals surface area contributed by atoms with Gasteiger partial charge in [-0.15, -0.1) is 0 Å². The molecule has 6 heteroatoms. The van der Waals surface area contributed by atoms with E-state index in [0.717, 1.165) is 0 Å². The molecule has 20 heavy (non-hydrogen) atoms. The van der Waals surface area contributed by atoms with Gasteiger partial charge in [-0.1, -0.05) is 11.6 Å². The van der Waals surface area contributed by atoms with Crippen LogP contribution in [0, 0.1) is 5.92 Å². The van der Waals surface area contributed by atoms with Gasteiger partial charge in [0.25, 0.3) is 0 Å². The summed E-state index contributed by atoms with van der Waals surface area (Å²) in [6, 6.07) is 5.09. The summed E-state index contributed by atoms with van der Waals surface area (Å²) in [7, 11) is 0. The molecule has 1 fully saturated rings. The van der Waals surface area contributed by atoms with Crippen molar-refractivity contribution in [3.05, 3.63) is 23.2 Å². The summed E-state index contributed by atoms with van der Waals surface area (Å²) in [5, 5.41) is 5.83. The molecule has 1 aromatic rings. The fourth-order valence-corrected chi connectivity index (χ4v) is 2.19. The second-order valence-electron chi connectivity index (χ2n) is 5.01. The minimum atomic E-state index is -0.326. The number of halogens is 1. The predicted octanol–water partition coefficient (Wildman–Crippen LogP) is 2.20. The van der Waals surface area contributed by atoms with Gasteiger partial charge in [-0.3, -0.25) is 9.59 Å². The molecule has 5 nitrogen and oxygen atoms in total. The Labute approximate surface area is 122 Å². The number of anilines is 1. The van der Waals surface area contributed by atoms with E-state index < -0.39 is 0 Å². The third-order valence-corrected chi connectivity index (χ3v) is 3.21. The van der Waals surface area contributed by atoms with Crippen LogP contribution in [-0.4, -0.2) is 24.5 Å². The summed E-state index contributed by atoms with van der Waals surface area (Å²) in [5.41, 5.74) is 0.593. The van der Waals surface area contributed by atoms with Gasteiger partial charge in [0.15, 0.2) is 0 Å². The molecule has 2 rings (SSSR count). The van der Waals surface area contributed by atoms with E-state index in [-0.39, 0.29) is 30.3 Å². The first-order chi connectivity index (χ1) is 9.45. The van der Waals surface area contributed by atoms with Crippen molar-refractivity contribution >= 4 is 29.1 Å². The predicted molar refractivity (Wildman–Crippen MR) is 77.0 cm³/mol. The number of hydrogen-bond donors (Lipinski definition) is 2. The fourth-order valence-electron chi connectivity index (χ4n) is 1.96. The lowest BCUT2D eigenvalue weighted by Crippen LogP contribution is -2.24. The Balaban J connectivity index is 2.01. The van der Waals surface area contributed by atoms with Crippen molar-refractivity contribution < 1.29 is 14.3 Å². The molecule has 0 spiro atoms. The molecule has 1 aromatic carbocycles. The quantitative estimate of drug-likeness (QED) is 0.895. The zero-order chi connectivity index (χ0) is 14.7. The first kappa shape index (κ1) is 14.7. The molecule has 2 amide bonds. The molecule has 0 aliphatic carbocycles. The van der Waals surface area contributed by atoms with E-state index in [1.54, 1.807) is 18.2 Å². The monoisotopic (exact) mass is 296 g/mol. The van der Waals surface area contributed by atoms with E-state index in [2.05, 4.69) is 10.6 Å². The zero-order valence-corrected chi connectivity index (χ0v) is 12.2. The van der Waals surface area contributed by atoms with Gasteiger partial charge >= 0.3 is 0 Å². The van der Waals surface area contributed by atoms with Crippen LogP contribution >= 0.6 is 11.6 Å². The Kier molecular flexibility index (Phi) is 4.49. The zero-order valence-electron chi connectivity index (χ0n) is 11.4. The standard InChI is InChI=1S/C14H17ClN2O3/c1-8(2)20-12-4-3-10(6-11(12)15)17-14(19)9-5-13(18)16-7-9/h3-4,6,8-9H,5,7H2,1-2H3,(H,16,18)(H,17,19). The minimum Gasteiger partial charge on any atom is -0.489 e. The van der Waals surface area contributed by atoms with Crippen molar-refractivity contribution in [1.29, 1.82) is 0 Å². The van der Waals surface area contributed by atoms with Gasteiger partial charge in [-0.25, -0.2) is 0 Å². The van der Waals surface area contributed by atoms with Gasteiger partial charge in [0, 0.05) is 18.7 Å². The maximum Gasteiger partial charge on any atom is 0.229 e. The first-order valence-corrected chi connectivity index (χ1v) is 6.87. The van der Waals surface area contributed by atoms with Crippen LogP contribution in [0.15, 0.2) is 18.2 Å². The molecular weight excluding hydrogens is 280 g/mol. The lowest BCUT2D eigenvalue weighted by Gasteiger charge is -2.13. The van der Waals surface area contributed by atoms with E-state index in [1.165, 1.54) is 0 Å². The molecule has 1 heterocycles. The summed E-state index contributed by atoms with van der Waals surface area (Å²) >= 11 is 6.10. The Hall–Kier alpha value is -1.75. The molecule has 0 radical (unpaired) electrons. The molecule has 1 atom stereocenters. The number of ether oxygens (including phenoxy) is 1. The Bertz CT molecular complexity index is 531. The Morgan fingerprint density at radius 1 is 1.50 bits per heavy atom. The van der Waals surface area contributed by atoms with E-state index >= 15 is 0 Å². The molecule has 108 valence electrons. The fraction of sp³-hybridized carbons (Fsp3) is 0.429. The van der Waals surface area contributed by atoms with Crippen molar-refractivity contribution in [2.75, 3.05) is 11.9 Å². The van der Waals surface area contributed by atoms with Crippen molar-refractivity contribution in [3.8, 4) is 5.75 Å². The summed E-state index contributed by atoms with van der Waals surface area (Å²) < 4.78 is 5.52. The first-order valence-electron chi connectivity index (χ1n) is 6.49. The topological polar surface area (TPSA) is 67.4 Å². The third-order valence-electron chi connectivity index (χ3n) is 2.91. The minimum absolute atomic E-state index is 0.0310. The maximum absolute atomic E-state index is 12.0. The highest BCUT2D eigenvalue weighted by Gasteiger charge is 2.27. The van der Waals surface area contributed by atoms with Crippen LogP contribution < -0.4 is 15.4 Å². The second kappa shape index (κ2) is 6.13. The number of nitrogens with one attached hydrogen (secondary N) is 2. The summed E-state index contributed by atoms with van der Waals surface area (Å²) in [6.45, 7) is 4.21.